The van der Waals surface area contributed by atoms with Crippen LogP contribution in [-0.2, 0) is 18.4 Å². The highest BCUT2D eigenvalue weighted by molar-refractivity contribution is 7.11. The molecule has 3 heteroatoms. The number of thiazole rings is 1. The molecule has 0 radical (unpaired) electrons. The van der Waals surface area contributed by atoms with Crippen LogP contribution in [0.5, 0.6) is 0 Å². The molecule has 3 rings (SSSR count). The van der Waals surface area contributed by atoms with Crippen LogP contribution in [-0.4, -0.2) is 4.98 Å². The average Bonchev–Trinajstić information content (AvgIpc) is 2.82. The summed E-state index contributed by atoms with van der Waals surface area (Å²) in [6.07, 6.45) is 11.3. The van der Waals surface area contributed by atoms with Gasteiger partial charge in [-0.1, -0.05) is 26.7 Å². The van der Waals surface area contributed by atoms with E-state index in [-0.39, 0.29) is 5.54 Å². The number of hydrogen-bond acceptors (Lipinski definition) is 3. The van der Waals surface area contributed by atoms with E-state index in [0.29, 0.717) is 0 Å². The van der Waals surface area contributed by atoms with E-state index in [9.17, 15) is 0 Å². The zero-order valence-corrected chi connectivity index (χ0v) is 13.8. The quantitative estimate of drug-likeness (QED) is 0.896. The van der Waals surface area contributed by atoms with Crippen molar-refractivity contribution in [1.29, 1.82) is 0 Å². The van der Waals surface area contributed by atoms with Gasteiger partial charge in [0.15, 0.2) is 0 Å². The third kappa shape index (κ3) is 2.94. The van der Waals surface area contributed by atoms with Crippen LogP contribution in [0.4, 0.5) is 0 Å². The summed E-state index contributed by atoms with van der Waals surface area (Å²) >= 11 is 1.93. The van der Waals surface area contributed by atoms with Gasteiger partial charge < -0.3 is 5.73 Å². The Hall–Kier alpha value is -0.410. The molecule has 20 heavy (non-hydrogen) atoms. The van der Waals surface area contributed by atoms with E-state index < -0.39 is 0 Å². The van der Waals surface area contributed by atoms with Crippen molar-refractivity contribution in [3.63, 3.8) is 0 Å². The SMILES string of the molecule is CC(C)CC1CCCC(N)(c2nc3c(s2)CCCC3)C1. The van der Waals surface area contributed by atoms with Gasteiger partial charge in [-0.05, 0) is 56.8 Å². The standard InChI is InChI=1S/C17H28N2S/c1-12(2)10-13-6-5-9-17(18,11-13)16-19-14-7-3-4-8-15(14)20-16/h12-13H,3-11,18H2,1-2H3. The van der Waals surface area contributed by atoms with Crippen molar-refractivity contribution >= 4 is 11.3 Å². The minimum absolute atomic E-state index is 0.125. The minimum Gasteiger partial charge on any atom is -0.319 e. The maximum Gasteiger partial charge on any atom is 0.113 e. The Labute approximate surface area is 127 Å². The molecule has 1 fully saturated rings. The molecule has 2 N–H and O–H groups in total. The minimum atomic E-state index is -0.125. The fourth-order valence-corrected chi connectivity index (χ4v) is 5.34. The summed E-state index contributed by atoms with van der Waals surface area (Å²) in [5, 5.41) is 1.25. The second-order valence-electron chi connectivity index (χ2n) is 7.34. The molecule has 2 aliphatic carbocycles. The van der Waals surface area contributed by atoms with Gasteiger partial charge in [-0.25, -0.2) is 4.98 Å². The number of aryl methyl sites for hydroxylation is 2. The van der Waals surface area contributed by atoms with Crippen molar-refractivity contribution in [2.45, 2.75) is 77.2 Å². The van der Waals surface area contributed by atoms with Crippen LogP contribution in [0.15, 0.2) is 0 Å². The molecule has 2 atom stereocenters. The largest absolute Gasteiger partial charge is 0.319 e. The molecule has 0 aromatic carbocycles. The topological polar surface area (TPSA) is 38.9 Å². The first-order valence-corrected chi connectivity index (χ1v) is 9.16. The second-order valence-corrected chi connectivity index (χ2v) is 8.43. The van der Waals surface area contributed by atoms with Crippen molar-refractivity contribution in [2.75, 3.05) is 0 Å². The van der Waals surface area contributed by atoms with Gasteiger partial charge in [-0.15, -0.1) is 11.3 Å². The van der Waals surface area contributed by atoms with Crippen LogP contribution < -0.4 is 5.73 Å². The summed E-state index contributed by atoms with van der Waals surface area (Å²) < 4.78 is 0. The second kappa shape index (κ2) is 5.76. The highest BCUT2D eigenvalue weighted by Gasteiger charge is 2.37. The first-order valence-electron chi connectivity index (χ1n) is 8.35. The Morgan fingerprint density at radius 3 is 2.85 bits per heavy atom. The Balaban J connectivity index is 1.78. The van der Waals surface area contributed by atoms with Gasteiger partial charge >= 0.3 is 0 Å². The van der Waals surface area contributed by atoms with Crippen molar-refractivity contribution < 1.29 is 0 Å². The van der Waals surface area contributed by atoms with Crippen LogP contribution in [0.2, 0.25) is 0 Å². The van der Waals surface area contributed by atoms with Gasteiger partial charge in [-0.3, -0.25) is 0 Å². The zero-order valence-electron chi connectivity index (χ0n) is 13.0. The summed E-state index contributed by atoms with van der Waals surface area (Å²) in [6, 6.07) is 0. The van der Waals surface area contributed by atoms with Crippen LogP contribution in [0, 0.1) is 11.8 Å². The lowest BCUT2D eigenvalue weighted by atomic mass is 9.74. The molecule has 1 saturated carbocycles. The molecule has 1 aromatic heterocycles. The van der Waals surface area contributed by atoms with Crippen LogP contribution in [0.3, 0.4) is 0 Å². The number of nitrogens with two attached hydrogens (primary N) is 1. The Morgan fingerprint density at radius 1 is 1.30 bits per heavy atom. The number of hydrogen-bond donors (Lipinski definition) is 1. The first kappa shape index (κ1) is 14.5. The molecular weight excluding hydrogens is 264 g/mol. The summed E-state index contributed by atoms with van der Waals surface area (Å²) in [5.74, 6) is 1.58. The molecule has 0 spiro atoms. The van der Waals surface area contributed by atoms with Gasteiger partial charge in [0.25, 0.3) is 0 Å². The number of aromatic nitrogens is 1. The molecule has 2 unspecified atom stereocenters. The number of fused-ring (bicyclic) bond motifs is 1. The average molecular weight is 292 g/mol. The van der Waals surface area contributed by atoms with E-state index in [2.05, 4.69) is 13.8 Å². The molecule has 1 heterocycles. The van der Waals surface area contributed by atoms with Gasteiger partial charge in [0, 0.05) is 4.88 Å². The smallest absolute Gasteiger partial charge is 0.113 e. The highest BCUT2D eigenvalue weighted by atomic mass is 32.1. The summed E-state index contributed by atoms with van der Waals surface area (Å²) in [6.45, 7) is 4.66. The molecule has 0 saturated heterocycles. The summed E-state index contributed by atoms with van der Waals surface area (Å²) in [5.41, 5.74) is 8.05. The van der Waals surface area contributed by atoms with Crippen molar-refractivity contribution in [3.8, 4) is 0 Å². The third-order valence-electron chi connectivity index (χ3n) is 4.96. The number of nitrogens with zero attached hydrogens (tertiary/aromatic N) is 1. The van der Waals surface area contributed by atoms with Gasteiger partial charge in [0.1, 0.15) is 5.01 Å². The van der Waals surface area contributed by atoms with E-state index in [4.69, 9.17) is 10.7 Å². The van der Waals surface area contributed by atoms with Gasteiger partial charge in [0.2, 0.25) is 0 Å². The molecule has 0 aliphatic heterocycles. The predicted molar refractivity (Wildman–Crippen MR) is 86.0 cm³/mol. The maximum atomic E-state index is 6.81. The molecule has 0 bridgehead atoms. The van der Waals surface area contributed by atoms with Crippen molar-refractivity contribution in [3.05, 3.63) is 15.6 Å². The molecular formula is C17H28N2S. The number of rotatable bonds is 3. The summed E-state index contributed by atoms with van der Waals surface area (Å²) in [7, 11) is 0. The van der Waals surface area contributed by atoms with E-state index in [1.54, 1.807) is 0 Å². The zero-order chi connectivity index (χ0) is 14.2. The maximum absolute atomic E-state index is 6.81. The van der Waals surface area contributed by atoms with Crippen molar-refractivity contribution in [2.24, 2.45) is 17.6 Å². The van der Waals surface area contributed by atoms with Crippen LogP contribution >= 0.6 is 11.3 Å². The van der Waals surface area contributed by atoms with Gasteiger partial charge in [-0.2, -0.15) is 0 Å². The Kier molecular flexibility index (Phi) is 4.19. The molecule has 1 aromatic rings. The fourth-order valence-electron chi connectivity index (χ4n) is 4.05. The van der Waals surface area contributed by atoms with Crippen LogP contribution in [0.1, 0.15) is 74.4 Å². The molecule has 112 valence electrons. The lowest BCUT2D eigenvalue weighted by molar-refractivity contribution is 0.202. The normalized spacial score (nSPS) is 30.5. The summed E-state index contributed by atoms with van der Waals surface area (Å²) in [4.78, 5) is 6.48. The van der Waals surface area contributed by atoms with Crippen molar-refractivity contribution in [1.82, 2.24) is 4.98 Å². The molecule has 0 amide bonds. The fraction of sp³-hybridized carbons (Fsp3) is 0.824. The van der Waals surface area contributed by atoms with E-state index in [0.717, 1.165) is 24.7 Å². The van der Waals surface area contributed by atoms with E-state index in [1.165, 1.54) is 60.5 Å². The van der Waals surface area contributed by atoms with Gasteiger partial charge in [0.05, 0.1) is 11.2 Å². The van der Waals surface area contributed by atoms with Crippen LogP contribution in [0.25, 0.3) is 0 Å². The van der Waals surface area contributed by atoms with E-state index >= 15 is 0 Å². The Bertz CT molecular complexity index is 442. The third-order valence-corrected chi connectivity index (χ3v) is 6.34. The predicted octanol–water partition coefficient (Wildman–Crippen LogP) is 4.41. The lowest BCUT2D eigenvalue weighted by Gasteiger charge is -2.37. The van der Waals surface area contributed by atoms with E-state index in [1.807, 2.05) is 11.3 Å². The monoisotopic (exact) mass is 292 g/mol. The first-order chi connectivity index (χ1) is 9.57. The Morgan fingerprint density at radius 2 is 2.10 bits per heavy atom. The highest BCUT2D eigenvalue weighted by Crippen LogP contribution is 2.43. The lowest BCUT2D eigenvalue weighted by Crippen LogP contribution is -2.41. The molecule has 2 nitrogen and oxygen atoms in total. The molecule has 2 aliphatic rings.